The molecule has 0 bridgehead atoms. The Labute approximate surface area is 215 Å². The number of hydrogen-bond donors (Lipinski definition) is 1. The van der Waals surface area contributed by atoms with Gasteiger partial charge in [0.25, 0.3) is 15.9 Å². The summed E-state index contributed by atoms with van der Waals surface area (Å²) < 4.78 is 34.1. The highest BCUT2D eigenvalue weighted by Crippen LogP contribution is 2.38. The molecule has 5 rings (SSSR count). The van der Waals surface area contributed by atoms with Gasteiger partial charge in [-0.25, -0.2) is 8.42 Å². The van der Waals surface area contributed by atoms with Crippen LogP contribution in [0.4, 0.5) is 11.4 Å². The number of nitrogens with zero attached hydrogens (tertiary/aromatic N) is 1. The molecule has 0 unspecified atom stereocenters. The maximum atomic E-state index is 13.4. The van der Waals surface area contributed by atoms with Gasteiger partial charge in [-0.2, -0.15) is 0 Å². The van der Waals surface area contributed by atoms with Gasteiger partial charge in [-0.05, 0) is 85.6 Å². The molecule has 1 aliphatic heterocycles. The third-order valence-electron chi connectivity index (χ3n) is 5.97. The first-order valence-corrected chi connectivity index (χ1v) is 13.2. The van der Waals surface area contributed by atoms with Crippen LogP contribution in [0.3, 0.4) is 0 Å². The van der Waals surface area contributed by atoms with Crippen LogP contribution in [0.5, 0.6) is 11.5 Å². The number of hydrogen-bond acceptors (Lipinski definition) is 4. The largest absolute Gasteiger partial charge is 0.455 e. The first-order chi connectivity index (χ1) is 17.3. The normalized spacial score (nSPS) is 14.8. The molecule has 0 saturated carbocycles. The van der Waals surface area contributed by atoms with E-state index in [4.69, 9.17) is 16.3 Å². The van der Waals surface area contributed by atoms with Crippen molar-refractivity contribution in [1.29, 1.82) is 0 Å². The molecular weight excluding hydrogens is 496 g/mol. The fourth-order valence-corrected chi connectivity index (χ4v) is 6.12. The number of benzene rings is 4. The summed E-state index contributed by atoms with van der Waals surface area (Å²) in [5, 5.41) is 3.38. The van der Waals surface area contributed by atoms with E-state index in [0.29, 0.717) is 39.9 Å². The van der Waals surface area contributed by atoms with Gasteiger partial charge in [0, 0.05) is 16.6 Å². The zero-order chi connectivity index (χ0) is 25.3. The van der Waals surface area contributed by atoms with Crippen molar-refractivity contribution >= 4 is 38.9 Å². The van der Waals surface area contributed by atoms with Gasteiger partial charge in [0.2, 0.25) is 0 Å². The summed E-state index contributed by atoms with van der Waals surface area (Å²) in [5.74, 6) is 0.869. The second-order valence-corrected chi connectivity index (χ2v) is 10.8. The fraction of sp³-hybridized carbons (Fsp3) is 0.107. The highest BCUT2D eigenvalue weighted by molar-refractivity contribution is 7.92. The van der Waals surface area contributed by atoms with Crippen molar-refractivity contribution in [1.82, 2.24) is 0 Å². The van der Waals surface area contributed by atoms with Crippen LogP contribution in [0.2, 0.25) is 5.02 Å². The van der Waals surface area contributed by atoms with Gasteiger partial charge in [-0.1, -0.05) is 41.9 Å². The monoisotopic (exact) mass is 518 g/mol. The second kappa shape index (κ2) is 9.68. The fourth-order valence-electron chi connectivity index (χ4n) is 4.30. The standard InChI is InChI=1S/C28H23ClN2O4S/c1-19-17-21-18-20(11-16-26(21)31(19)36(33,34)24-14-12-22(29)13-15-24)28(32)30-25-9-5-6-10-27(25)35-23-7-3-2-4-8-23/h2-16,18-19H,17H2,1H3,(H,30,32)/t19-/m0/s1. The van der Waals surface area contributed by atoms with Crippen molar-refractivity contribution in [2.24, 2.45) is 0 Å². The van der Waals surface area contributed by atoms with Crippen LogP contribution in [-0.4, -0.2) is 20.4 Å². The molecule has 182 valence electrons. The quantitative estimate of drug-likeness (QED) is 0.315. The summed E-state index contributed by atoms with van der Waals surface area (Å²) in [4.78, 5) is 13.3. The zero-order valence-electron chi connectivity index (χ0n) is 19.4. The van der Waals surface area contributed by atoms with Gasteiger partial charge < -0.3 is 10.1 Å². The molecule has 1 N–H and O–H groups in total. The van der Waals surface area contributed by atoms with Crippen LogP contribution in [-0.2, 0) is 16.4 Å². The van der Waals surface area contributed by atoms with Crippen LogP contribution in [0.1, 0.15) is 22.8 Å². The van der Waals surface area contributed by atoms with Crippen LogP contribution in [0, 0.1) is 0 Å². The average molecular weight is 519 g/mol. The number of halogens is 1. The Morgan fingerprint density at radius 3 is 2.39 bits per heavy atom. The van der Waals surface area contributed by atoms with E-state index in [-0.39, 0.29) is 16.8 Å². The molecule has 0 saturated heterocycles. The van der Waals surface area contributed by atoms with Gasteiger partial charge >= 0.3 is 0 Å². The van der Waals surface area contributed by atoms with Crippen LogP contribution < -0.4 is 14.4 Å². The van der Waals surface area contributed by atoms with Gasteiger partial charge in [-0.15, -0.1) is 0 Å². The molecule has 1 atom stereocenters. The molecular formula is C28H23ClN2O4S. The predicted octanol–water partition coefficient (Wildman–Crippen LogP) is 6.52. The Morgan fingerprint density at radius 1 is 0.944 bits per heavy atom. The number of ether oxygens (including phenoxy) is 1. The lowest BCUT2D eigenvalue weighted by atomic mass is 10.1. The van der Waals surface area contributed by atoms with Crippen molar-refractivity contribution < 1.29 is 17.9 Å². The lowest BCUT2D eigenvalue weighted by Crippen LogP contribution is -2.35. The first-order valence-electron chi connectivity index (χ1n) is 11.4. The summed E-state index contributed by atoms with van der Waals surface area (Å²) >= 11 is 5.93. The number of sulfonamides is 1. The van der Waals surface area contributed by atoms with Crippen molar-refractivity contribution in [2.45, 2.75) is 24.3 Å². The Morgan fingerprint density at radius 2 is 1.64 bits per heavy atom. The van der Waals surface area contributed by atoms with E-state index in [1.807, 2.05) is 49.4 Å². The molecule has 36 heavy (non-hydrogen) atoms. The van der Waals surface area contributed by atoms with Crippen LogP contribution in [0.25, 0.3) is 0 Å². The van der Waals surface area contributed by atoms with Crippen molar-refractivity contribution in [3.05, 3.63) is 113 Å². The SMILES string of the molecule is C[C@H]1Cc2cc(C(=O)Nc3ccccc3Oc3ccccc3)ccc2N1S(=O)(=O)c1ccc(Cl)cc1. The number of carbonyl (C=O) groups excluding carboxylic acids is 1. The van der Waals surface area contributed by atoms with E-state index in [0.717, 1.165) is 5.56 Å². The number of nitrogens with one attached hydrogen (secondary N) is 1. The Balaban J connectivity index is 1.39. The van der Waals surface area contributed by atoms with Crippen molar-refractivity contribution in [3.8, 4) is 11.5 Å². The average Bonchev–Trinajstić information content (AvgIpc) is 3.21. The van der Waals surface area contributed by atoms with Gasteiger partial charge in [0.15, 0.2) is 5.75 Å². The van der Waals surface area contributed by atoms with E-state index < -0.39 is 10.0 Å². The zero-order valence-corrected chi connectivity index (χ0v) is 21.0. The second-order valence-electron chi connectivity index (χ2n) is 8.52. The smallest absolute Gasteiger partial charge is 0.264 e. The maximum absolute atomic E-state index is 13.4. The lowest BCUT2D eigenvalue weighted by molar-refractivity contribution is 0.102. The van der Waals surface area contributed by atoms with Crippen LogP contribution in [0.15, 0.2) is 102 Å². The molecule has 0 aliphatic carbocycles. The molecule has 0 spiro atoms. The van der Waals surface area contributed by atoms with Gasteiger partial charge in [-0.3, -0.25) is 9.10 Å². The number of fused-ring (bicyclic) bond motifs is 1. The molecule has 4 aromatic rings. The Bertz CT molecular complexity index is 1520. The minimum atomic E-state index is -3.78. The minimum absolute atomic E-state index is 0.170. The van der Waals surface area contributed by atoms with Crippen molar-refractivity contribution in [2.75, 3.05) is 9.62 Å². The molecule has 0 fully saturated rings. The van der Waals surface area contributed by atoms with E-state index >= 15 is 0 Å². The predicted molar refractivity (Wildman–Crippen MR) is 142 cm³/mol. The molecule has 0 radical (unpaired) electrons. The summed E-state index contributed by atoms with van der Waals surface area (Å²) in [5.41, 5.74) is 2.33. The highest BCUT2D eigenvalue weighted by atomic mass is 35.5. The van der Waals surface area contributed by atoms with Crippen molar-refractivity contribution in [3.63, 3.8) is 0 Å². The summed E-state index contributed by atoms with van der Waals surface area (Å²) in [6.07, 6.45) is 0.497. The van der Waals surface area contributed by atoms with E-state index in [2.05, 4.69) is 5.32 Å². The van der Waals surface area contributed by atoms with E-state index in [1.165, 1.54) is 16.4 Å². The lowest BCUT2D eigenvalue weighted by Gasteiger charge is -2.24. The molecule has 1 amide bonds. The number of para-hydroxylation sites is 3. The molecule has 4 aromatic carbocycles. The Hall–Kier alpha value is -3.81. The highest BCUT2D eigenvalue weighted by Gasteiger charge is 2.36. The Kier molecular flexibility index (Phi) is 6.43. The molecule has 6 nitrogen and oxygen atoms in total. The number of anilines is 2. The minimum Gasteiger partial charge on any atom is -0.455 e. The van der Waals surface area contributed by atoms with E-state index in [1.54, 1.807) is 42.5 Å². The van der Waals surface area contributed by atoms with Gasteiger partial charge in [0.05, 0.1) is 16.3 Å². The topological polar surface area (TPSA) is 75.7 Å². The molecule has 1 heterocycles. The number of amides is 1. The molecule has 1 aliphatic rings. The molecule has 8 heteroatoms. The third kappa shape index (κ3) is 4.67. The summed E-state index contributed by atoms with van der Waals surface area (Å²) in [6.45, 7) is 1.85. The third-order valence-corrected chi connectivity index (χ3v) is 8.17. The number of rotatable bonds is 6. The summed E-state index contributed by atoms with van der Waals surface area (Å²) in [7, 11) is -3.78. The maximum Gasteiger partial charge on any atom is 0.264 e. The van der Waals surface area contributed by atoms with Crippen LogP contribution >= 0.6 is 11.6 Å². The summed E-state index contributed by atoms with van der Waals surface area (Å²) in [6, 6.07) is 27.4. The van der Waals surface area contributed by atoms with Gasteiger partial charge in [0.1, 0.15) is 5.75 Å². The molecule has 0 aromatic heterocycles. The number of carbonyl (C=O) groups is 1. The van der Waals surface area contributed by atoms with E-state index in [9.17, 15) is 13.2 Å². The first kappa shape index (κ1) is 23.9.